The number of rotatable bonds is 6. The number of hydrogen-bond acceptors (Lipinski definition) is 3. The highest BCUT2D eigenvalue weighted by Gasteiger charge is 2.19. The molecule has 11 aromatic rings. The number of nitrogens with zero attached hydrogens (tertiary/aromatic N) is 5. The van der Waals surface area contributed by atoms with Gasteiger partial charge in [0.1, 0.15) is 0 Å². The topological polar surface area (TPSA) is 48.5 Å². The second-order valence-corrected chi connectivity index (χ2v) is 14.1. The van der Waals surface area contributed by atoms with E-state index in [0.717, 1.165) is 39.1 Å². The molecule has 3 aromatic heterocycles. The Hall–Kier alpha value is -7.63. The second-order valence-electron chi connectivity index (χ2n) is 14.1. The molecular weight excluding hydrogens is 683 g/mol. The highest BCUT2D eigenvalue weighted by atomic mass is 15.0. The molecule has 5 nitrogen and oxygen atoms in total. The molecule has 0 unspecified atom stereocenters. The second kappa shape index (κ2) is 13.0. The maximum absolute atomic E-state index is 4.97. The van der Waals surface area contributed by atoms with Crippen molar-refractivity contribution in [2.24, 2.45) is 0 Å². The van der Waals surface area contributed by atoms with E-state index in [0.29, 0.717) is 17.5 Å². The zero-order valence-corrected chi connectivity index (χ0v) is 30.3. The van der Waals surface area contributed by atoms with Gasteiger partial charge in [-0.2, -0.15) is 0 Å². The van der Waals surface area contributed by atoms with Crippen LogP contribution in [0.2, 0.25) is 0 Å². The van der Waals surface area contributed by atoms with Crippen molar-refractivity contribution in [3.8, 4) is 56.7 Å². The quantitative estimate of drug-likeness (QED) is 0.172. The van der Waals surface area contributed by atoms with Gasteiger partial charge in [0.05, 0.1) is 22.1 Å². The summed E-state index contributed by atoms with van der Waals surface area (Å²) in [4.78, 5) is 14.8. The van der Waals surface area contributed by atoms with Crippen molar-refractivity contribution in [1.29, 1.82) is 0 Å². The maximum Gasteiger partial charge on any atom is 0.164 e. The number of para-hydroxylation sites is 2. The Morgan fingerprint density at radius 3 is 1.00 bits per heavy atom. The van der Waals surface area contributed by atoms with Crippen LogP contribution in [0.4, 0.5) is 0 Å². The standard InChI is InChI=1S/C51H33N5/c1-4-14-34(15-5-1)35-24-28-39(29-25-35)55-45-22-12-10-20-41(45)43-33-48-44(32-47(43)55)42-21-11-13-23-46(42)56(48)40-30-26-38(27-31-40)51-53-49(36-16-6-2-7-17-36)52-50(54-51)37-18-8-3-9-19-37/h1-33H. The normalized spacial score (nSPS) is 11.6. The smallest absolute Gasteiger partial charge is 0.164 e. The van der Waals surface area contributed by atoms with Gasteiger partial charge >= 0.3 is 0 Å². The summed E-state index contributed by atoms with van der Waals surface area (Å²) in [6.45, 7) is 0. The molecule has 11 rings (SSSR count). The molecule has 0 atom stereocenters. The molecule has 0 saturated heterocycles. The van der Waals surface area contributed by atoms with Crippen LogP contribution < -0.4 is 0 Å². The summed E-state index contributed by atoms with van der Waals surface area (Å²) in [5.74, 6) is 1.94. The molecule has 0 bridgehead atoms. The molecule has 0 aliphatic rings. The molecular formula is C51H33N5. The first-order valence-corrected chi connectivity index (χ1v) is 18.9. The van der Waals surface area contributed by atoms with Crippen LogP contribution in [0.25, 0.3) is 100 Å². The third-order valence-electron chi connectivity index (χ3n) is 10.8. The first-order valence-electron chi connectivity index (χ1n) is 18.9. The Labute approximate surface area is 323 Å². The highest BCUT2D eigenvalue weighted by molar-refractivity contribution is 6.19. The fourth-order valence-electron chi connectivity index (χ4n) is 8.12. The van der Waals surface area contributed by atoms with Gasteiger partial charge in [-0.1, -0.05) is 140 Å². The Balaban J connectivity index is 1.06. The fourth-order valence-corrected chi connectivity index (χ4v) is 8.12. The molecule has 3 heterocycles. The molecule has 8 aromatic carbocycles. The van der Waals surface area contributed by atoms with E-state index in [-0.39, 0.29) is 0 Å². The lowest BCUT2D eigenvalue weighted by Crippen LogP contribution is -2.00. The predicted octanol–water partition coefficient (Wildman–Crippen LogP) is 12.7. The van der Waals surface area contributed by atoms with Crippen LogP contribution >= 0.6 is 0 Å². The van der Waals surface area contributed by atoms with Gasteiger partial charge in [0, 0.05) is 49.6 Å². The van der Waals surface area contributed by atoms with Gasteiger partial charge in [0.2, 0.25) is 0 Å². The van der Waals surface area contributed by atoms with Gasteiger partial charge in [-0.3, -0.25) is 0 Å². The number of fused-ring (bicyclic) bond motifs is 6. The van der Waals surface area contributed by atoms with E-state index in [1.54, 1.807) is 0 Å². The summed E-state index contributed by atoms with van der Waals surface area (Å²) in [5.41, 5.74) is 12.1. The Kier molecular flexibility index (Phi) is 7.42. The largest absolute Gasteiger partial charge is 0.309 e. The summed E-state index contributed by atoms with van der Waals surface area (Å²) in [5, 5.41) is 4.86. The van der Waals surface area contributed by atoms with Crippen molar-refractivity contribution in [3.63, 3.8) is 0 Å². The van der Waals surface area contributed by atoms with Crippen molar-refractivity contribution in [1.82, 2.24) is 24.1 Å². The van der Waals surface area contributed by atoms with Crippen LogP contribution in [0, 0.1) is 0 Å². The maximum atomic E-state index is 4.97. The summed E-state index contributed by atoms with van der Waals surface area (Å²) in [7, 11) is 0. The van der Waals surface area contributed by atoms with Crippen molar-refractivity contribution >= 4 is 43.6 Å². The summed E-state index contributed by atoms with van der Waals surface area (Å²) < 4.78 is 4.79. The lowest BCUT2D eigenvalue weighted by Gasteiger charge is -2.11. The van der Waals surface area contributed by atoms with Crippen LogP contribution in [0.5, 0.6) is 0 Å². The third kappa shape index (κ3) is 5.29. The first-order chi connectivity index (χ1) is 27.8. The van der Waals surface area contributed by atoms with Crippen molar-refractivity contribution in [3.05, 3.63) is 200 Å². The molecule has 0 fully saturated rings. The molecule has 0 aliphatic carbocycles. The van der Waals surface area contributed by atoms with E-state index in [4.69, 9.17) is 15.0 Å². The van der Waals surface area contributed by atoms with E-state index < -0.39 is 0 Å². The van der Waals surface area contributed by atoms with Gasteiger partial charge in [-0.05, 0) is 71.8 Å². The molecule has 0 N–H and O–H groups in total. The van der Waals surface area contributed by atoms with Gasteiger partial charge in [-0.15, -0.1) is 0 Å². The molecule has 0 radical (unpaired) electrons. The van der Waals surface area contributed by atoms with Crippen LogP contribution in [0.1, 0.15) is 0 Å². The molecule has 5 heteroatoms. The molecule has 0 aliphatic heterocycles. The Morgan fingerprint density at radius 1 is 0.250 bits per heavy atom. The number of aromatic nitrogens is 5. The van der Waals surface area contributed by atoms with E-state index in [1.807, 2.05) is 60.7 Å². The summed E-state index contributed by atoms with van der Waals surface area (Å²) in [6, 6.07) is 70.5. The zero-order chi connectivity index (χ0) is 37.0. The lowest BCUT2D eigenvalue weighted by atomic mass is 10.1. The van der Waals surface area contributed by atoms with Crippen molar-refractivity contribution in [2.75, 3.05) is 0 Å². The monoisotopic (exact) mass is 715 g/mol. The highest BCUT2D eigenvalue weighted by Crippen LogP contribution is 2.40. The molecule has 262 valence electrons. The molecule has 0 amide bonds. The van der Waals surface area contributed by atoms with Crippen LogP contribution in [-0.4, -0.2) is 24.1 Å². The SMILES string of the molecule is c1ccc(-c2ccc(-n3c4ccccc4c4cc5c(cc43)c3ccccc3n5-c3ccc(-c4nc(-c5ccccc5)nc(-c5ccccc5)n4)cc3)cc2)cc1. The first kappa shape index (κ1) is 31.9. The average Bonchev–Trinajstić information content (AvgIpc) is 3.78. The fraction of sp³-hybridized carbons (Fsp3) is 0. The van der Waals surface area contributed by atoms with E-state index in [2.05, 4.69) is 149 Å². The minimum atomic E-state index is 0.637. The molecule has 0 saturated carbocycles. The molecule has 0 spiro atoms. The number of hydrogen-bond donors (Lipinski definition) is 0. The summed E-state index contributed by atoms with van der Waals surface area (Å²) >= 11 is 0. The summed E-state index contributed by atoms with van der Waals surface area (Å²) in [6.07, 6.45) is 0. The Morgan fingerprint density at radius 2 is 0.571 bits per heavy atom. The lowest BCUT2D eigenvalue weighted by molar-refractivity contribution is 1.07. The minimum Gasteiger partial charge on any atom is -0.309 e. The van der Waals surface area contributed by atoms with Crippen molar-refractivity contribution in [2.45, 2.75) is 0 Å². The van der Waals surface area contributed by atoms with E-state index in [1.165, 1.54) is 43.7 Å². The van der Waals surface area contributed by atoms with Crippen LogP contribution in [0.3, 0.4) is 0 Å². The van der Waals surface area contributed by atoms with Crippen molar-refractivity contribution < 1.29 is 0 Å². The Bertz CT molecular complexity index is 3140. The minimum absolute atomic E-state index is 0.637. The van der Waals surface area contributed by atoms with E-state index in [9.17, 15) is 0 Å². The van der Waals surface area contributed by atoms with Gasteiger partial charge < -0.3 is 9.13 Å². The number of benzene rings is 8. The molecule has 56 heavy (non-hydrogen) atoms. The van der Waals surface area contributed by atoms with E-state index >= 15 is 0 Å². The predicted molar refractivity (Wildman–Crippen MR) is 230 cm³/mol. The third-order valence-corrected chi connectivity index (χ3v) is 10.8. The van der Waals surface area contributed by atoms with Crippen LogP contribution in [0.15, 0.2) is 200 Å². The zero-order valence-electron chi connectivity index (χ0n) is 30.3. The van der Waals surface area contributed by atoms with Gasteiger partial charge in [0.25, 0.3) is 0 Å². The van der Waals surface area contributed by atoms with Crippen LogP contribution in [-0.2, 0) is 0 Å². The van der Waals surface area contributed by atoms with Gasteiger partial charge in [0.15, 0.2) is 17.5 Å². The average molecular weight is 716 g/mol. The van der Waals surface area contributed by atoms with Gasteiger partial charge in [-0.25, -0.2) is 15.0 Å².